The minimum atomic E-state index is 0.649. The highest BCUT2D eigenvalue weighted by Gasteiger charge is 2.39. The molecule has 1 heterocycles. The summed E-state index contributed by atoms with van der Waals surface area (Å²) in [6, 6.07) is 0.649. The fourth-order valence-corrected chi connectivity index (χ4v) is 4.83. The Bertz CT molecular complexity index is 296. The van der Waals surface area contributed by atoms with Crippen LogP contribution in [0.1, 0.15) is 32.1 Å². The first-order valence-electron chi connectivity index (χ1n) is 8.19. The molecule has 2 saturated carbocycles. The summed E-state index contributed by atoms with van der Waals surface area (Å²) in [5, 5.41) is 3.47. The average molecular weight is 266 g/mol. The van der Waals surface area contributed by atoms with Crippen molar-refractivity contribution in [1.29, 1.82) is 0 Å². The zero-order valence-electron chi connectivity index (χ0n) is 12.6. The summed E-state index contributed by atoms with van der Waals surface area (Å²) >= 11 is 0. The van der Waals surface area contributed by atoms with Crippen molar-refractivity contribution in [3.05, 3.63) is 0 Å². The maximum absolute atomic E-state index is 5.67. The van der Waals surface area contributed by atoms with Crippen LogP contribution in [0.5, 0.6) is 0 Å². The molecule has 1 saturated heterocycles. The SMILES string of the molecule is CNC1CCOCC1CN(C)CC1CC2CCC1C2. The minimum Gasteiger partial charge on any atom is -0.381 e. The van der Waals surface area contributed by atoms with Crippen LogP contribution in [0.2, 0.25) is 0 Å². The molecule has 3 heteroatoms. The Morgan fingerprint density at radius 2 is 1.95 bits per heavy atom. The van der Waals surface area contributed by atoms with Gasteiger partial charge in [-0.1, -0.05) is 6.42 Å². The van der Waals surface area contributed by atoms with Gasteiger partial charge in [0.1, 0.15) is 0 Å². The largest absolute Gasteiger partial charge is 0.381 e. The molecule has 0 aromatic carbocycles. The van der Waals surface area contributed by atoms with Gasteiger partial charge in [0.2, 0.25) is 0 Å². The predicted octanol–water partition coefficient (Wildman–Crippen LogP) is 1.98. The summed E-state index contributed by atoms with van der Waals surface area (Å²) in [6.07, 6.45) is 7.23. The second-order valence-corrected chi connectivity index (χ2v) is 7.17. The van der Waals surface area contributed by atoms with Crippen molar-refractivity contribution in [1.82, 2.24) is 10.2 Å². The first-order valence-corrected chi connectivity index (χ1v) is 8.19. The third-order valence-corrected chi connectivity index (χ3v) is 5.82. The van der Waals surface area contributed by atoms with Crippen molar-refractivity contribution in [2.75, 3.05) is 40.4 Å². The van der Waals surface area contributed by atoms with Crippen molar-refractivity contribution < 1.29 is 4.74 Å². The van der Waals surface area contributed by atoms with Crippen LogP contribution in [0.15, 0.2) is 0 Å². The lowest BCUT2D eigenvalue weighted by Crippen LogP contribution is -2.46. The van der Waals surface area contributed by atoms with Crippen LogP contribution >= 0.6 is 0 Å². The molecule has 0 amide bonds. The number of rotatable bonds is 5. The van der Waals surface area contributed by atoms with Crippen molar-refractivity contribution >= 4 is 0 Å². The van der Waals surface area contributed by atoms with Crippen molar-refractivity contribution in [2.24, 2.45) is 23.7 Å². The molecule has 3 fully saturated rings. The van der Waals surface area contributed by atoms with Gasteiger partial charge in [-0.2, -0.15) is 0 Å². The van der Waals surface area contributed by atoms with Crippen LogP contribution in [-0.4, -0.2) is 51.3 Å². The van der Waals surface area contributed by atoms with Gasteiger partial charge >= 0.3 is 0 Å². The number of fused-ring (bicyclic) bond motifs is 2. The number of hydrogen-bond acceptors (Lipinski definition) is 3. The fraction of sp³-hybridized carbons (Fsp3) is 1.00. The zero-order valence-corrected chi connectivity index (χ0v) is 12.6. The van der Waals surface area contributed by atoms with Crippen LogP contribution in [0.4, 0.5) is 0 Å². The predicted molar refractivity (Wildman–Crippen MR) is 78.2 cm³/mol. The molecule has 0 spiro atoms. The minimum absolute atomic E-state index is 0.649. The van der Waals surface area contributed by atoms with Crippen LogP contribution in [-0.2, 0) is 4.74 Å². The Morgan fingerprint density at radius 1 is 1.11 bits per heavy atom. The molecule has 5 atom stereocenters. The standard InChI is InChI=1S/C16H30N2O/c1-17-16-5-6-19-11-15(16)10-18(2)9-14-8-12-3-4-13(14)7-12/h12-17H,3-11H2,1-2H3. The van der Waals surface area contributed by atoms with E-state index in [4.69, 9.17) is 4.74 Å². The summed E-state index contributed by atoms with van der Waals surface area (Å²) in [4.78, 5) is 2.58. The Hall–Kier alpha value is -0.120. The lowest BCUT2D eigenvalue weighted by atomic mass is 9.88. The van der Waals surface area contributed by atoms with Gasteiger partial charge in [-0.15, -0.1) is 0 Å². The molecule has 0 radical (unpaired) electrons. The van der Waals surface area contributed by atoms with Gasteiger partial charge in [-0.05, 0) is 57.5 Å². The Labute approximate surface area is 118 Å². The van der Waals surface area contributed by atoms with Crippen molar-refractivity contribution in [3.8, 4) is 0 Å². The molecule has 2 bridgehead atoms. The van der Waals surface area contributed by atoms with E-state index in [0.717, 1.165) is 31.0 Å². The normalized spacial score (nSPS) is 42.2. The average Bonchev–Trinajstić information content (AvgIpc) is 3.01. The molecule has 110 valence electrons. The molecule has 5 unspecified atom stereocenters. The van der Waals surface area contributed by atoms with Gasteiger partial charge < -0.3 is 15.0 Å². The number of hydrogen-bond donors (Lipinski definition) is 1. The lowest BCUT2D eigenvalue weighted by molar-refractivity contribution is 0.0189. The van der Waals surface area contributed by atoms with Gasteiger partial charge in [0.15, 0.2) is 0 Å². The van der Waals surface area contributed by atoms with E-state index >= 15 is 0 Å². The van der Waals surface area contributed by atoms with E-state index < -0.39 is 0 Å². The molecule has 0 aromatic heterocycles. The monoisotopic (exact) mass is 266 g/mol. The van der Waals surface area contributed by atoms with E-state index in [2.05, 4.69) is 24.3 Å². The molecular weight excluding hydrogens is 236 g/mol. The van der Waals surface area contributed by atoms with Crippen LogP contribution in [0, 0.1) is 23.7 Å². The lowest BCUT2D eigenvalue weighted by Gasteiger charge is -2.35. The Balaban J connectivity index is 1.46. The molecule has 1 aliphatic heterocycles. The maximum atomic E-state index is 5.67. The highest BCUT2D eigenvalue weighted by atomic mass is 16.5. The van der Waals surface area contributed by atoms with E-state index in [-0.39, 0.29) is 0 Å². The summed E-state index contributed by atoms with van der Waals surface area (Å²) in [6.45, 7) is 4.37. The van der Waals surface area contributed by atoms with E-state index in [9.17, 15) is 0 Å². The zero-order chi connectivity index (χ0) is 13.2. The first-order chi connectivity index (χ1) is 9.26. The van der Waals surface area contributed by atoms with Crippen LogP contribution < -0.4 is 5.32 Å². The molecule has 19 heavy (non-hydrogen) atoms. The highest BCUT2D eigenvalue weighted by Crippen LogP contribution is 2.48. The van der Waals surface area contributed by atoms with Crippen LogP contribution in [0.3, 0.4) is 0 Å². The highest BCUT2D eigenvalue weighted by molar-refractivity contribution is 4.91. The molecule has 3 aliphatic rings. The molecule has 0 aromatic rings. The Kier molecular flexibility index (Phi) is 4.45. The molecule has 3 rings (SSSR count). The van der Waals surface area contributed by atoms with Gasteiger partial charge in [0.05, 0.1) is 6.61 Å². The summed E-state index contributed by atoms with van der Waals surface area (Å²) in [7, 11) is 4.41. The van der Waals surface area contributed by atoms with Gasteiger partial charge in [0.25, 0.3) is 0 Å². The maximum Gasteiger partial charge on any atom is 0.0521 e. The molecule has 1 N–H and O–H groups in total. The van der Waals surface area contributed by atoms with E-state index in [1.165, 1.54) is 45.2 Å². The summed E-state index contributed by atoms with van der Waals surface area (Å²) in [5.41, 5.74) is 0. The number of nitrogens with one attached hydrogen (secondary N) is 1. The molecule has 2 aliphatic carbocycles. The molecular formula is C16H30N2O. The van der Waals surface area contributed by atoms with Crippen molar-refractivity contribution in [2.45, 2.75) is 38.1 Å². The molecule has 3 nitrogen and oxygen atoms in total. The summed E-state index contributed by atoms with van der Waals surface area (Å²) in [5.74, 6) is 3.78. The second-order valence-electron chi connectivity index (χ2n) is 7.17. The number of nitrogens with zero attached hydrogens (tertiary/aromatic N) is 1. The fourth-order valence-electron chi connectivity index (χ4n) is 4.83. The number of ether oxygens (including phenoxy) is 1. The van der Waals surface area contributed by atoms with Gasteiger partial charge in [0, 0.05) is 31.7 Å². The van der Waals surface area contributed by atoms with Gasteiger partial charge in [-0.25, -0.2) is 0 Å². The quantitative estimate of drug-likeness (QED) is 0.823. The van der Waals surface area contributed by atoms with E-state index in [1.807, 2.05) is 0 Å². The van der Waals surface area contributed by atoms with Crippen molar-refractivity contribution in [3.63, 3.8) is 0 Å². The Morgan fingerprint density at radius 3 is 2.63 bits per heavy atom. The topological polar surface area (TPSA) is 24.5 Å². The first kappa shape index (κ1) is 13.8. The van der Waals surface area contributed by atoms with Crippen LogP contribution in [0.25, 0.3) is 0 Å². The summed E-state index contributed by atoms with van der Waals surface area (Å²) < 4.78 is 5.67. The smallest absolute Gasteiger partial charge is 0.0521 e. The van der Waals surface area contributed by atoms with Gasteiger partial charge in [-0.3, -0.25) is 0 Å². The van der Waals surface area contributed by atoms with E-state index in [0.29, 0.717) is 12.0 Å². The van der Waals surface area contributed by atoms with E-state index in [1.54, 1.807) is 0 Å². The third-order valence-electron chi connectivity index (χ3n) is 5.82. The third kappa shape index (κ3) is 3.14. The second kappa shape index (κ2) is 6.11.